The number of hydrogen-bond donors (Lipinski definition) is 0. The average Bonchev–Trinajstić information content (AvgIpc) is 3.71. The van der Waals surface area contributed by atoms with Crippen LogP contribution in [0.4, 0.5) is 0 Å². The van der Waals surface area contributed by atoms with E-state index in [-0.39, 0.29) is 53.0 Å². The van der Waals surface area contributed by atoms with E-state index in [0.29, 0.717) is 54.0 Å². The zero-order valence-corrected chi connectivity index (χ0v) is 27.2. The number of aryl methyl sites for hydroxylation is 1. The fraction of sp³-hybridized carbons (Fsp3) is 0.312. The van der Waals surface area contributed by atoms with Crippen molar-refractivity contribution in [2.24, 2.45) is 0 Å². The number of carbonyl (C=O) groups is 2. The van der Waals surface area contributed by atoms with Gasteiger partial charge < -0.3 is 18.9 Å². The van der Waals surface area contributed by atoms with Crippen molar-refractivity contribution in [1.29, 1.82) is 5.26 Å². The highest BCUT2D eigenvalue weighted by atomic mass is 35.5. The summed E-state index contributed by atoms with van der Waals surface area (Å²) in [4.78, 5) is 34.2. The van der Waals surface area contributed by atoms with Gasteiger partial charge in [-0.3, -0.25) is 9.59 Å². The van der Waals surface area contributed by atoms with E-state index >= 15 is 0 Å². The number of piperazine rings is 1. The third-order valence-corrected chi connectivity index (χ3v) is 11.2. The van der Waals surface area contributed by atoms with Gasteiger partial charge in [0.15, 0.2) is 11.4 Å². The van der Waals surface area contributed by atoms with Crippen molar-refractivity contribution in [3.63, 3.8) is 0 Å². The summed E-state index contributed by atoms with van der Waals surface area (Å²) in [7, 11) is -4.19. The Morgan fingerprint density at radius 3 is 2.46 bits per heavy atom. The van der Waals surface area contributed by atoms with Gasteiger partial charge in [-0.25, -0.2) is 13.4 Å². The number of aromatic nitrogens is 2. The van der Waals surface area contributed by atoms with E-state index in [1.54, 1.807) is 40.1 Å². The lowest BCUT2D eigenvalue weighted by atomic mass is 10.1. The summed E-state index contributed by atoms with van der Waals surface area (Å²) in [5.41, 5.74) is 2.65. The molecule has 0 aliphatic carbocycles. The Hall–Kier alpha value is -4.15. The fourth-order valence-corrected chi connectivity index (χ4v) is 8.41. The lowest BCUT2D eigenvalue weighted by Gasteiger charge is -2.37. The molecule has 0 saturated carbocycles. The van der Waals surface area contributed by atoms with Crippen molar-refractivity contribution in [2.75, 3.05) is 32.7 Å². The molecule has 2 fully saturated rings. The first-order valence-electron chi connectivity index (χ1n) is 14.7. The molecule has 6 rings (SSSR count). The summed E-state index contributed by atoms with van der Waals surface area (Å²) in [6.07, 6.45) is 4.60. The quantitative estimate of drug-likeness (QED) is 0.280. The fourth-order valence-electron chi connectivity index (χ4n) is 5.89. The van der Waals surface area contributed by atoms with Crippen LogP contribution in [0.25, 0.3) is 5.65 Å². The normalized spacial score (nSPS) is 17.3. The second kappa shape index (κ2) is 12.9. The lowest BCUT2D eigenvalue weighted by Crippen LogP contribution is -2.55. The molecule has 4 heterocycles. The monoisotopic (exact) mass is 680 g/mol. The molecule has 0 radical (unpaired) electrons. The molecular formula is C32H30Cl2N6O5S. The molecule has 2 aliphatic heterocycles. The molecule has 2 aromatic carbocycles. The number of halogens is 2. The standard InChI is InChI=1S/C32H30Cl2N6O5S/c1-21-19-39-12-3-5-27(30(39)36-21)45-20-24-25(33)10-11-28(29(24)34)46(43,44)40-13-2-4-26(40)32(42)38-16-14-37(15-17-38)31(41)23-8-6-22(18-35)7-9-23/h3,5-12,19,26H,2,4,13-17,20H2,1H3/t26-/m0/s1. The van der Waals surface area contributed by atoms with E-state index in [1.807, 2.05) is 35.9 Å². The van der Waals surface area contributed by atoms with Crippen LogP contribution in [0.3, 0.4) is 0 Å². The SMILES string of the molecule is Cc1cn2cccc(OCc3c(Cl)ccc(S(=O)(=O)N4CCC[C@H]4C(=O)N4CCN(C(=O)c5ccc(C#N)cc5)CC4)c3Cl)c2n1. The second-order valence-electron chi connectivity index (χ2n) is 11.2. The van der Waals surface area contributed by atoms with E-state index in [4.69, 9.17) is 33.2 Å². The van der Waals surface area contributed by atoms with Gasteiger partial charge in [0.05, 0.1) is 22.3 Å². The molecule has 0 N–H and O–H groups in total. The van der Waals surface area contributed by atoms with Gasteiger partial charge in [0.25, 0.3) is 5.91 Å². The van der Waals surface area contributed by atoms with Gasteiger partial charge in [0.2, 0.25) is 15.9 Å². The molecule has 14 heteroatoms. The maximum atomic E-state index is 14.0. The molecule has 2 amide bonds. The minimum atomic E-state index is -4.19. The molecule has 1 atom stereocenters. The predicted octanol–water partition coefficient (Wildman–Crippen LogP) is 4.54. The van der Waals surface area contributed by atoms with Crippen LogP contribution in [0.15, 0.2) is 65.8 Å². The van der Waals surface area contributed by atoms with Crippen molar-refractivity contribution in [2.45, 2.75) is 37.3 Å². The third kappa shape index (κ3) is 6.03. The molecular weight excluding hydrogens is 651 g/mol. The zero-order valence-electron chi connectivity index (χ0n) is 24.9. The Balaban J connectivity index is 1.15. The van der Waals surface area contributed by atoms with Crippen molar-refractivity contribution < 1.29 is 22.7 Å². The summed E-state index contributed by atoms with van der Waals surface area (Å²) in [6, 6.07) is 13.9. The summed E-state index contributed by atoms with van der Waals surface area (Å²) in [6.45, 7) is 3.11. The Kier molecular flexibility index (Phi) is 8.94. The predicted molar refractivity (Wildman–Crippen MR) is 171 cm³/mol. The summed E-state index contributed by atoms with van der Waals surface area (Å²) in [5, 5.41) is 9.19. The molecule has 0 unspecified atom stereocenters. The second-order valence-corrected chi connectivity index (χ2v) is 13.8. The number of fused-ring (bicyclic) bond motifs is 1. The van der Waals surface area contributed by atoms with Crippen molar-refractivity contribution in [3.05, 3.63) is 93.4 Å². The topological polar surface area (TPSA) is 128 Å². The molecule has 2 aromatic heterocycles. The summed E-state index contributed by atoms with van der Waals surface area (Å²) in [5.74, 6) is -0.00132. The van der Waals surface area contributed by atoms with Gasteiger partial charge in [-0.15, -0.1) is 0 Å². The Labute approximate surface area is 276 Å². The molecule has 2 saturated heterocycles. The minimum Gasteiger partial charge on any atom is -0.485 e. The first kappa shape index (κ1) is 31.8. The number of imidazole rings is 1. The number of ether oxygens (including phenoxy) is 1. The highest BCUT2D eigenvalue weighted by Crippen LogP contribution is 2.36. The van der Waals surface area contributed by atoms with Crippen LogP contribution in [0.2, 0.25) is 10.0 Å². The molecule has 4 aromatic rings. The number of carbonyl (C=O) groups excluding carboxylic acids is 2. The number of amides is 2. The number of hydrogen-bond acceptors (Lipinski definition) is 7. The number of benzene rings is 2. The number of sulfonamides is 1. The Morgan fingerprint density at radius 1 is 1.02 bits per heavy atom. The average molecular weight is 682 g/mol. The molecule has 11 nitrogen and oxygen atoms in total. The molecule has 238 valence electrons. The van der Waals surface area contributed by atoms with Gasteiger partial charge in [0, 0.05) is 61.3 Å². The number of nitrogens with zero attached hydrogens (tertiary/aromatic N) is 6. The summed E-state index contributed by atoms with van der Waals surface area (Å²) >= 11 is 13.2. The highest BCUT2D eigenvalue weighted by Gasteiger charge is 2.43. The van der Waals surface area contributed by atoms with Gasteiger partial charge in [-0.1, -0.05) is 23.2 Å². The Bertz CT molecular complexity index is 1970. The zero-order chi connectivity index (χ0) is 32.6. The number of nitriles is 1. The van der Waals surface area contributed by atoms with Crippen LogP contribution in [-0.4, -0.2) is 82.5 Å². The number of pyridine rings is 1. The van der Waals surface area contributed by atoms with Gasteiger partial charge in [0.1, 0.15) is 17.5 Å². The van der Waals surface area contributed by atoms with Crippen molar-refractivity contribution >= 4 is 50.7 Å². The van der Waals surface area contributed by atoms with Crippen molar-refractivity contribution in [1.82, 2.24) is 23.5 Å². The maximum Gasteiger partial charge on any atom is 0.253 e. The van der Waals surface area contributed by atoms with Crippen molar-refractivity contribution in [3.8, 4) is 11.8 Å². The van der Waals surface area contributed by atoms with E-state index < -0.39 is 16.1 Å². The van der Waals surface area contributed by atoms with Crippen LogP contribution in [0.5, 0.6) is 5.75 Å². The highest BCUT2D eigenvalue weighted by molar-refractivity contribution is 7.89. The van der Waals surface area contributed by atoms with Crippen LogP contribution in [0.1, 0.15) is 40.0 Å². The molecule has 46 heavy (non-hydrogen) atoms. The van der Waals surface area contributed by atoms with Gasteiger partial charge >= 0.3 is 0 Å². The lowest BCUT2D eigenvalue weighted by molar-refractivity contribution is -0.136. The Morgan fingerprint density at radius 2 is 1.74 bits per heavy atom. The van der Waals surface area contributed by atoms with E-state index in [9.17, 15) is 18.0 Å². The van der Waals surface area contributed by atoms with Gasteiger partial charge in [-0.05, 0) is 68.3 Å². The smallest absolute Gasteiger partial charge is 0.253 e. The first-order chi connectivity index (χ1) is 22.1. The molecule has 0 spiro atoms. The van der Waals surface area contributed by atoms with Crippen LogP contribution in [0, 0.1) is 18.3 Å². The maximum absolute atomic E-state index is 14.0. The largest absolute Gasteiger partial charge is 0.485 e. The van der Waals surface area contributed by atoms with E-state index in [0.717, 1.165) is 5.69 Å². The molecule has 2 aliphatic rings. The number of rotatable bonds is 7. The third-order valence-electron chi connectivity index (χ3n) is 8.30. The van der Waals surface area contributed by atoms with E-state index in [1.165, 1.54) is 16.4 Å². The minimum absolute atomic E-state index is 0.0630. The van der Waals surface area contributed by atoms with Gasteiger partial charge in [-0.2, -0.15) is 9.57 Å². The van der Waals surface area contributed by atoms with Crippen LogP contribution >= 0.6 is 23.2 Å². The van der Waals surface area contributed by atoms with Crippen LogP contribution < -0.4 is 4.74 Å². The van der Waals surface area contributed by atoms with E-state index in [2.05, 4.69) is 4.98 Å². The van der Waals surface area contributed by atoms with Crippen LogP contribution in [-0.2, 0) is 21.4 Å². The first-order valence-corrected chi connectivity index (χ1v) is 16.9. The molecule has 0 bridgehead atoms. The summed E-state index contributed by atoms with van der Waals surface area (Å²) < 4.78 is 37.1.